The van der Waals surface area contributed by atoms with Crippen molar-refractivity contribution >= 4 is 11.6 Å². The van der Waals surface area contributed by atoms with Crippen molar-refractivity contribution in [3.05, 3.63) is 89.1 Å². The van der Waals surface area contributed by atoms with Gasteiger partial charge in [0.25, 0.3) is 5.91 Å². The summed E-state index contributed by atoms with van der Waals surface area (Å²) in [6, 6.07) is 13.2. The van der Waals surface area contributed by atoms with E-state index < -0.39 is 0 Å². The number of amides is 1. The van der Waals surface area contributed by atoms with Gasteiger partial charge in [0.1, 0.15) is 12.4 Å². The highest BCUT2D eigenvalue weighted by atomic mass is 16.5. The number of carbonyl (C=O) groups excluding carboxylic acids is 1. The highest BCUT2D eigenvalue weighted by Gasteiger charge is 2.13. The van der Waals surface area contributed by atoms with Crippen LogP contribution in [0, 0.1) is 13.8 Å². The molecule has 0 aliphatic heterocycles. The molecule has 1 N–H and O–H groups in total. The van der Waals surface area contributed by atoms with E-state index in [0.717, 1.165) is 28.1 Å². The lowest BCUT2D eigenvalue weighted by Gasteiger charge is -2.14. The molecule has 4 rings (SSSR count). The average molecular weight is 387 g/mol. The van der Waals surface area contributed by atoms with Crippen LogP contribution in [0.4, 0.5) is 0 Å². The normalized spacial score (nSPS) is 10.8. The zero-order chi connectivity index (χ0) is 20.2. The Hall–Kier alpha value is -3.74. The molecule has 7 heteroatoms. The summed E-state index contributed by atoms with van der Waals surface area (Å²) < 4.78 is 7.82. The summed E-state index contributed by atoms with van der Waals surface area (Å²) in [6.07, 6.45) is 5.38. The largest absolute Gasteiger partial charge is 0.488 e. The molecule has 0 aliphatic rings. The van der Waals surface area contributed by atoms with Crippen LogP contribution < -0.4 is 10.1 Å². The van der Waals surface area contributed by atoms with E-state index in [4.69, 9.17) is 4.74 Å². The Kier molecular flexibility index (Phi) is 5.20. The number of aromatic nitrogens is 4. The number of benzene rings is 1. The van der Waals surface area contributed by atoms with Gasteiger partial charge in [-0.2, -0.15) is 0 Å². The number of fused-ring (bicyclic) bond motifs is 1. The molecule has 0 atom stereocenters. The first kappa shape index (κ1) is 18.6. The van der Waals surface area contributed by atoms with Gasteiger partial charge in [-0.1, -0.05) is 12.1 Å². The van der Waals surface area contributed by atoms with E-state index in [1.807, 2.05) is 66.9 Å². The maximum absolute atomic E-state index is 12.7. The van der Waals surface area contributed by atoms with Gasteiger partial charge in [-0.15, -0.1) is 10.2 Å². The first-order valence-corrected chi connectivity index (χ1v) is 9.31. The zero-order valence-corrected chi connectivity index (χ0v) is 16.3. The molecule has 0 bridgehead atoms. The van der Waals surface area contributed by atoms with Crippen molar-refractivity contribution in [1.82, 2.24) is 24.9 Å². The minimum absolute atomic E-state index is 0.164. The van der Waals surface area contributed by atoms with Crippen LogP contribution in [0.15, 0.2) is 61.1 Å². The van der Waals surface area contributed by atoms with Crippen molar-refractivity contribution < 1.29 is 9.53 Å². The predicted molar refractivity (Wildman–Crippen MR) is 109 cm³/mol. The molecule has 7 nitrogen and oxygen atoms in total. The first-order chi connectivity index (χ1) is 14.1. The molecule has 1 aromatic carbocycles. The lowest BCUT2D eigenvalue weighted by Crippen LogP contribution is -2.24. The quantitative estimate of drug-likeness (QED) is 0.549. The third-order valence-corrected chi connectivity index (χ3v) is 4.62. The number of pyridine rings is 2. The third-order valence-electron chi connectivity index (χ3n) is 4.62. The fraction of sp³-hybridized carbons (Fsp3) is 0.182. The number of hydrogen-bond donors (Lipinski definition) is 1. The van der Waals surface area contributed by atoms with E-state index in [0.29, 0.717) is 24.5 Å². The Morgan fingerprint density at radius 1 is 1.10 bits per heavy atom. The average Bonchev–Trinajstić information content (AvgIpc) is 3.15. The third kappa shape index (κ3) is 4.08. The summed E-state index contributed by atoms with van der Waals surface area (Å²) in [5.74, 6) is 1.30. The van der Waals surface area contributed by atoms with Gasteiger partial charge >= 0.3 is 0 Å². The molecular formula is C22H21N5O2. The molecule has 29 heavy (non-hydrogen) atoms. The predicted octanol–water partition coefficient (Wildman–Crippen LogP) is 3.25. The first-order valence-electron chi connectivity index (χ1n) is 9.31. The van der Waals surface area contributed by atoms with E-state index in [1.165, 1.54) is 0 Å². The second-order valence-electron chi connectivity index (χ2n) is 6.82. The molecule has 0 saturated carbocycles. The second kappa shape index (κ2) is 8.10. The smallest absolute Gasteiger partial charge is 0.251 e. The van der Waals surface area contributed by atoms with Crippen LogP contribution in [-0.2, 0) is 13.2 Å². The summed E-state index contributed by atoms with van der Waals surface area (Å²) in [5, 5.41) is 11.1. The van der Waals surface area contributed by atoms with Gasteiger partial charge in [0.15, 0.2) is 11.5 Å². The van der Waals surface area contributed by atoms with Gasteiger partial charge in [0.05, 0.1) is 6.54 Å². The van der Waals surface area contributed by atoms with Crippen molar-refractivity contribution in [2.45, 2.75) is 27.0 Å². The van der Waals surface area contributed by atoms with Gasteiger partial charge in [-0.3, -0.25) is 14.2 Å². The van der Waals surface area contributed by atoms with Gasteiger partial charge in [0.2, 0.25) is 0 Å². The van der Waals surface area contributed by atoms with Crippen molar-refractivity contribution in [2.75, 3.05) is 0 Å². The molecule has 0 saturated heterocycles. The summed E-state index contributed by atoms with van der Waals surface area (Å²) >= 11 is 0. The van der Waals surface area contributed by atoms with Crippen molar-refractivity contribution in [1.29, 1.82) is 0 Å². The maximum atomic E-state index is 12.7. The number of rotatable bonds is 6. The number of carbonyl (C=O) groups is 1. The van der Waals surface area contributed by atoms with E-state index in [2.05, 4.69) is 20.5 Å². The Balaban J connectivity index is 1.44. The highest BCUT2D eigenvalue weighted by molar-refractivity contribution is 5.94. The van der Waals surface area contributed by atoms with Crippen LogP contribution in [-0.4, -0.2) is 25.5 Å². The summed E-state index contributed by atoms with van der Waals surface area (Å²) in [7, 11) is 0. The SMILES string of the molecule is Cc1cc(C(=O)NCc2nnc3ccccn23)cc(C)c1OCc1cccnc1. The van der Waals surface area contributed by atoms with Gasteiger partial charge in [-0.05, 0) is 55.3 Å². The monoisotopic (exact) mass is 387 g/mol. The van der Waals surface area contributed by atoms with Crippen molar-refractivity contribution in [2.24, 2.45) is 0 Å². The van der Waals surface area contributed by atoms with E-state index in [-0.39, 0.29) is 5.91 Å². The molecule has 3 aromatic heterocycles. The van der Waals surface area contributed by atoms with Crippen molar-refractivity contribution in [3.63, 3.8) is 0 Å². The molecular weight excluding hydrogens is 366 g/mol. The number of ether oxygens (including phenoxy) is 1. The second-order valence-corrected chi connectivity index (χ2v) is 6.82. The molecule has 0 unspecified atom stereocenters. The Morgan fingerprint density at radius 2 is 1.93 bits per heavy atom. The number of nitrogens with zero attached hydrogens (tertiary/aromatic N) is 4. The topological polar surface area (TPSA) is 81.4 Å². The molecule has 0 radical (unpaired) electrons. The molecule has 0 fully saturated rings. The summed E-state index contributed by atoms with van der Waals surface area (Å²) in [4.78, 5) is 16.7. The van der Waals surface area contributed by atoms with Crippen LogP contribution in [0.5, 0.6) is 5.75 Å². The highest BCUT2D eigenvalue weighted by Crippen LogP contribution is 2.26. The number of hydrogen-bond acceptors (Lipinski definition) is 5. The van der Waals surface area contributed by atoms with Crippen molar-refractivity contribution in [3.8, 4) is 5.75 Å². The molecule has 146 valence electrons. The molecule has 0 aliphatic carbocycles. The van der Waals surface area contributed by atoms with Crippen LogP contribution >= 0.6 is 0 Å². The molecule has 4 aromatic rings. The van der Waals surface area contributed by atoms with Gasteiger partial charge in [0, 0.05) is 29.7 Å². The lowest BCUT2D eigenvalue weighted by molar-refractivity contribution is 0.0949. The van der Waals surface area contributed by atoms with Gasteiger partial charge in [-0.25, -0.2) is 0 Å². The Bertz CT molecular complexity index is 1130. The van der Waals surface area contributed by atoms with E-state index in [1.54, 1.807) is 12.4 Å². The Morgan fingerprint density at radius 3 is 2.69 bits per heavy atom. The lowest BCUT2D eigenvalue weighted by atomic mass is 10.0. The standard InChI is InChI=1S/C22H21N5O2/c1-15-10-18(11-16(2)21(15)29-14-17-6-5-8-23-12-17)22(28)24-13-20-26-25-19-7-3-4-9-27(19)20/h3-12H,13-14H2,1-2H3,(H,24,28). The number of nitrogens with one attached hydrogen (secondary N) is 1. The number of aryl methyl sites for hydroxylation is 2. The minimum Gasteiger partial charge on any atom is -0.488 e. The van der Waals surface area contributed by atoms with Gasteiger partial charge < -0.3 is 10.1 Å². The molecule has 3 heterocycles. The maximum Gasteiger partial charge on any atom is 0.251 e. The van der Waals surface area contributed by atoms with Crippen LogP contribution in [0.3, 0.4) is 0 Å². The Labute approximate surface area is 168 Å². The molecule has 0 spiro atoms. The fourth-order valence-corrected chi connectivity index (χ4v) is 3.22. The zero-order valence-electron chi connectivity index (χ0n) is 16.3. The van der Waals surface area contributed by atoms with Crippen LogP contribution in [0.1, 0.15) is 32.9 Å². The fourth-order valence-electron chi connectivity index (χ4n) is 3.22. The van der Waals surface area contributed by atoms with Crippen LogP contribution in [0.2, 0.25) is 0 Å². The van der Waals surface area contributed by atoms with E-state index >= 15 is 0 Å². The minimum atomic E-state index is -0.164. The van der Waals surface area contributed by atoms with Crippen LogP contribution in [0.25, 0.3) is 5.65 Å². The van der Waals surface area contributed by atoms with E-state index in [9.17, 15) is 4.79 Å². The summed E-state index contributed by atoms with van der Waals surface area (Å²) in [5.41, 5.74) is 4.15. The molecule has 1 amide bonds. The summed E-state index contributed by atoms with van der Waals surface area (Å²) in [6.45, 7) is 4.60.